The molecule has 0 bridgehead atoms. The number of aromatic nitrogens is 1. The molecule has 0 unspecified atom stereocenters. The minimum atomic E-state index is -2.69. The molecule has 1 aromatic carbocycles. The highest BCUT2D eigenvalue weighted by molar-refractivity contribution is 6.33. The third kappa shape index (κ3) is 4.09. The molecule has 0 atom stereocenters. The summed E-state index contributed by atoms with van der Waals surface area (Å²) in [6.07, 6.45) is 1.33. The number of carbonyl (C=O) groups excluding carboxylic acids is 2. The van der Waals surface area contributed by atoms with Gasteiger partial charge in [0.1, 0.15) is 12.3 Å². The molecule has 2 amide bonds. The van der Waals surface area contributed by atoms with Crippen molar-refractivity contribution in [1.29, 1.82) is 0 Å². The van der Waals surface area contributed by atoms with Crippen molar-refractivity contribution < 1.29 is 23.1 Å². The van der Waals surface area contributed by atoms with Gasteiger partial charge in [-0.2, -0.15) is 0 Å². The Kier molecular flexibility index (Phi) is 5.36. The topological polar surface area (TPSA) is 80.3 Å². The lowest BCUT2D eigenvalue weighted by Gasteiger charge is -2.35. The van der Waals surface area contributed by atoms with E-state index in [-0.39, 0.29) is 24.4 Å². The predicted molar refractivity (Wildman–Crippen MR) is 106 cm³/mol. The Morgan fingerprint density at radius 3 is 2.83 bits per heavy atom. The van der Waals surface area contributed by atoms with Gasteiger partial charge in [-0.15, -0.1) is 0 Å². The normalized spacial score (nSPS) is 17.8. The molecule has 2 heterocycles. The van der Waals surface area contributed by atoms with Crippen molar-refractivity contribution >= 4 is 23.4 Å². The average molecular weight is 436 g/mol. The van der Waals surface area contributed by atoms with Crippen molar-refractivity contribution in [2.75, 3.05) is 13.2 Å². The van der Waals surface area contributed by atoms with Gasteiger partial charge in [0, 0.05) is 25.1 Å². The summed E-state index contributed by atoms with van der Waals surface area (Å²) in [5.41, 5.74) is 3.02. The number of halogens is 3. The Balaban J connectivity index is 1.49. The molecule has 1 saturated carbocycles. The van der Waals surface area contributed by atoms with E-state index in [1.165, 1.54) is 0 Å². The Bertz CT molecular complexity index is 1000. The highest BCUT2D eigenvalue weighted by atomic mass is 35.5. The first-order chi connectivity index (χ1) is 14.2. The fourth-order valence-corrected chi connectivity index (χ4v) is 3.87. The van der Waals surface area contributed by atoms with Gasteiger partial charge in [-0.3, -0.25) is 14.6 Å². The zero-order valence-corrected chi connectivity index (χ0v) is 17.0. The van der Waals surface area contributed by atoms with Crippen LogP contribution in [0.5, 0.6) is 5.75 Å². The standard InChI is InChI=1S/C21H20ClF2N3O3/c1-11-13(7-15-18(17(11)22)30-5-4-25-19(15)28)6-12-2-3-16(26-10-12)20(29)27-14-8-21(23,24)9-14/h2-3,7,10,14H,4-6,8-9H2,1H3,(H,25,28)(H,27,29). The van der Waals surface area contributed by atoms with Crippen LogP contribution in [0, 0.1) is 6.92 Å². The molecule has 30 heavy (non-hydrogen) atoms. The molecule has 0 radical (unpaired) electrons. The lowest BCUT2D eigenvalue weighted by atomic mass is 9.88. The van der Waals surface area contributed by atoms with E-state index in [1.54, 1.807) is 24.4 Å². The number of amides is 2. The molecule has 2 aromatic rings. The first-order valence-corrected chi connectivity index (χ1v) is 9.98. The number of alkyl halides is 2. The summed E-state index contributed by atoms with van der Waals surface area (Å²) in [6.45, 7) is 2.61. The lowest BCUT2D eigenvalue weighted by molar-refractivity contribution is -0.0901. The fourth-order valence-electron chi connectivity index (χ4n) is 3.59. The Morgan fingerprint density at radius 1 is 1.40 bits per heavy atom. The van der Waals surface area contributed by atoms with E-state index in [0.29, 0.717) is 35.9 Å². The smallest absolute Gasteiger partial charge is 0.270 e. The van der Waals surface area contributed by atoms with Crippen LogP contribution >= 0.6 is 11.6 Å². The maximum absolute atomic E-state index is 12.9. The molecule has 2 N–H and O–H groups in total. The van der Waals surface area contributed by atoms with Crippen molar-refractivity contribution in [2.24, 2.45) is 0 Å². The van der Waals surface area contributed by atoms with E-state index in [0.717, 1.165) is 16.7 Å². The quantitative estimate of drug-likeness (QED) is 0.772. The molecule has 0 spiro atoms. The van der Waals surface area contributed by atoms with Crippen molar-refractivity contribution in [3.8, 4) is 5.75 Å². The average Bonchev–Trinajstić information content (AvgIpc) is 2.86. The van der Waals surface area contributed by atoms with Gasteiger partial charge in [0.05, 0.1) is 17.1 Å². The van der Waals surface area contributed by atoms with Crippen LogP contribution in [0.25, 0.3) is 0 Å². The molecule has 158 valence electrons. The summed E-state index contributed by atoms with van der Waals surface area (Å²) in [4.78, 5) is 28.6. The number of benzene rings is 1. The molecular formula is C21H20ClF2N3O3. The molecule has 1 fully saturated rings. The van der Waals surface area contributed by atoms with E-state index in [4.69, 9.17) is 16.3 Å². The minimum Gasteiger partial charge on any atom is -0.489 e. The van der Waals surface area contributed by atoms with Gasteiger partial charge >= 0.3 is 0 Å². The number of nitrogens with one attached hydrogen (secondary N) is 2. The Morgan fingerprint density at radius 2 is 2.17 bits per heavy atom. The zero-order chi connectivity index (χ0) is 21.5. The van der Waals surface area contributed by atoms with Gasteiger partial charge in [-0.1, -0.05) is 17.7 Å². The first kappa shape index (κ1) is 20.5. The van der Waals surface area contributed by atoms with Gasteiger partial charge in [0.25, 0.3) is 17.7 Å². The molecule has 9 heteroatoms. The van der Waals surface area contributed by atoms with Crippen LogP contribution in [-0.4, -0.2) is 41.9 Å². The lowest BCUT2D eigenvalue weighted by Crippen LogP contribution is -2.50. The van der Waals surface area contributed by atoms with E-state index in [1.807, 2.05) is 6.92 Å². The molecule has 1 aromatic heterocycles. The van der Waals surface area contributed by atoms with Crippen LogP contribution in [0.1, 0.15) is 50.4 Å². The number of nitrogens with zero attached hydrogens (tertiary/aromatic N) is 1. The Hall–Kier alpha value is -2.74. The van der Waals surface area contributed by atoms with Crippen molar-refractivity contribution in [3.05, 3.63) is 57.4 Å². The monoisotopic (exact) mass is 435 g/mol. The first-order valence-electron chi connectivity index (χ1n) is 9.60. The maximum atomic E-state index is 12.9. The number of rotatable bonds is 4. The summed E-state index contributed by atoms with van der Waals surface area (Å²) >= 11 is 6.45. The van der Waals surface area contributed by atoms with E-state index >= 15 is 0 Å². The van der Waals surface area contributed by atoms with Crippen LogP contribution in [0.3, 0.4) is 0 Å². The maximum Gasteiger partial charge on any atom is 0.270 e. The highest BCUT2D eigenvalue weighted by Crippen LogP contribution is 2.38. The summed E-state index contributed by atoms with van der Waals surface area (Å²) in [6, 6.07) is 4.53. The van der Waals surface area contributed by atoms with E-state index < -0.39 is 17.9 Å². The Labute approximate surface area is 177 Å². The molecule has 6 nitrogen and oxygen atoms in total. The number of fused-ring (bicyclic) bond motifs is 1. The van der Waals surface area contributed by atoms with Crippen LogP contribution < -0.4 is 15.4 Å². The van der Waals surface area contributed by atoms with Crippen LogP contribution in [0.2, 0.25) is 5.02 Å². The summed E-state index contributed by atoms with van der Waals surface area (Å²) in [5, 5.41) is 5.73. The zero-order valence-electron chi connectivity index (χ0n) is 16.2. The summed E-state index contributed by atoms with van der Waals surface area (Å²) in [7, 11) is 0. The number of pyridine rings is 1. The van der Waals surface area contributed by atoms with E-state index in [9.17, 15) is 18.4 Å². The van der Waals surface area contributed by atoms with Crippen molar-refractivity contribution in [1.82, 2.24) is 15.6 Å². The van der Waals surface area contributed by atoms with Gasteiger partial charge in [0.15, 0.2) is 5.75 Å². The second-order valence-electron chi connectivity index (χ2n) is 7.62. The number of ether oxygens (including phenoxy) is 1. The van der Waals surface area contributed by atoms with Gasteiger partial charge in [-0.05, 0) is 42.2 Å². The molecule has 1 aliphatic carbocycles. The summed E-state index contributed by atoms with van der Waals surface area (Å²) < 4.78 is 31.4. The van der Waals surface area contributed by atoms with Gasteiger partial charge in [0.2, 0.25) is 0 Å². The minimum absolute atomic E-state index is 0.165. The van der Waals surface area contributed by atoms with Crippen molar-refractivity contribution in [3.63, 3.8) is 0 Å². The van der Waals surface area contributed by atoms with Crippen molar-refractivity contribution in [2.45, 2.75) is 38.2 Å². The van der Waals surface area contributed by atoms with E-state index in [2.05, 4.69) is 15.6 Å². The third-order valence-electron chi connectivity index (χ3n) is 5.33. The molecular weight excluding hydrogens is 416 g/mol. The van der Waals surface area contributed by atoms with Crippen LogP contribution in [0.15, 0.2) is 24.4 Å². The van der Waals surface area contributed by atoms with Gasteiger partial charge in [-0.25, -0.2) is 8.78 Å². The molecule has 1 aliphatic heterocycles. The summed E-state index contributed by atoms with van der Waals surface area (Å²) in [5.74, 6) is -3.01. The number of hydrogen-bond donors (Lipinski definition) is 2. The van der Waals surface area contributed by atoms with Crippen LogP contribution in [0.4, 0.5) is 8.78 Å². The number of hydrogen-bond acceptors (Lipinski definition) is 4. The molecule has 4 rings (SSSR count). The predicted octanol–water partition coefficient (Wildman–Crippen LogP) is 3.28. The fraction of sp³-hybridized carbons (Fsp3) is 0.381. The highest BCUT2D eigenvalue weighted by Gasteiger charge is 2.46. The molecule has 0 saturated heterocycles. The van der Waals surface area contributed by atoms with Gasteiger partial charge < -0.3 is 15.4 Å². The van der Waals surface area contributed by atoms with Crippen LogP contribution in [-0.2, 0) is 6.42 Å². The second-order valence-corrected chi connectivity index (χ2v) is 8.00. The molecule has 2 aliphatic rings. The second kappa shape index (κ2) is 7.83. The third-order valence-corrected chi connectivity index (χ3v) is 5.78. The largest absolute Gasteiger partial charge is 0.489 e. The SMILES string of the molecule is Cc1c(Cc2ccc(C(=O)NC3CC(F)(F)C3)nc2)cc2c(c1Cl)OCCNC2=O. The number of carbonyl (C=O) groups is 2.